The molecule has 0 atom stereocenters. The number of hydrogen-bond acceptors (Lipinski definition) is 2. The van der Waals surface area contributed by atoms with E-state index in [1.54, 1.807) is 0 Å². The predicted octanol–water partition coefficient (Wildman–Crippen LogP) is 2.72. The van der Waals surface area contributed by atoms with Crippen molar-refractivity contribution in [1.82, 2.24) is 9.55 Å². The molecule has 1 aromatic carbocycles. The summed E-state index contributed by atoms with van der Waals surface area (Å²) in [5.74, 6) is 1.86. The Kier molecular flexibility index (Phi) is 3.25. The minimum atomic E-state index is 0.248. The van der Waals surface area contributed by atoms with Crippen molar-refractivity contribution in [1.29, 1.82) is 0 Å². The molecule has 0 unspecified atom stereocenters. The maximum Gasteiger partial charge on any atom is 0.115 e. The van der Waals surface area contributed by atoms with Crippen LogP contribution >= 0.6 is 11.6 Å². The molecule has 2 N–H and O–H groups in total. The Morgan fingerprint density at radius 1 is 1.37 bits per heavy atom. The van der Waals surface area contributed by atoms with Crippen LogP contribution in [-0.2, 0) is 13.0 Å². The summed E-state index contributed by atoms with van der Waals surface area (Å²) in [5, 5.41) is 0. The maximum atomic E-state index is 5.62. The first kappa shape index (κ1) is 12.2. The van der Waals surface area contributed by atoms with Crippen molar-refractivity contribution < 1.29 is 0 Å². The largest absolute Gasteiger partial charge is 0.386 e. The van der Waals surface area contributed by atoms with Gasteiger partial charge in [0.2, 0.25) is 0 Å². The van der Waals surface area contributed by atoms with Gasteiger partial charge in [0.25, 0.3) is 0 Å². The highest BCUT2D eigenvalue weighted by molar-refractivity contribution is 6.28. The summed E-state index contributed by atoms with van der Waals surface area (Å²) in [7, 11) is 0. The fourth-order valence-corrected chi connectivity index (χ4v) is 2.45. The Labute approximate surface area is 116 Å². The van der Waals surface area contributed by atoms with Gasteiger partial charge in [-0.1, -0.05) is 12.1 Å². The molecule has 2 heterocycles. The molecule has 2 aromatic rings. The number of aromatic nitrogens is 2. The molecule has 0 spiro atoms. The average molecular weight is 275 g/mol. The lowest BCUT2D eigenvalue weighted by molar-refractivity contribution is 0.756. The molecule has 98 valence electrons. The Balaban J connectivity index is 1.90. The lowest BCUT2D eigenvalue weighted by Gasteiger charge is -2.05. The van der Waals surface area contributed by atoms with Crippen LogP contribution in [-0.4, -0.2) is 21.3 Å². The second kappa shape index (κ2) is 5.05. The summed E-state index contributed by atoms with van der Waals surface area (Å²) in [4.78, 5) is 8.67. The van der Waals surface area contributed by atoms with E-state index in [1.165, 1.54) is 17.9 Å². The normalized spacial score (nSPS) is 14.7. The van der Waals surface area contributed by atoms with Crippen molar-refractivity contribution in [2.75, 3.05) is 5.88 Å². The van der Waals surface area contributed by atoms with Gasteiger partial charge in [0.1, 0.15) is 11.7 Å². The number of alkyl halides is 1. The smallest absolute Gasteiger partial charge is 0.115 e. The van der Waals surface area contributed by atoms with Gasteiger partial charge in [-0.2, -0.15) is 0 Å². The Hall–Kier alpha value is -1.81. The molecule has 5 heteroatoms. The van der Waals surface area contributed by atoms with Crippen LogP contribution in [0.25, 0.3) is 11.3 Å². The van der Waals surface area contributed by atoms with Gasteiger partial charge in [0.15, 0.2) is 0 Å². The Morgan fingerprint density at radius 2 is 2.16 bits per heavy atom. The van der Waals surface area contributed by atoms with Crippen molar-refractivity contribution >= 4 is 23.1 Å². The molecule has 0 radical (unpaired) electrons. The van der Waals surface area contributed by atoms with E-state index in [2.05, 4.69) is 14.5 Å². The van der Waals surface area contributed by atoms with Gasteiger partial charge in [-0.25, -0.2) is 9.98 Å². The Bertz CT molecular complexity index is 613. The third-order valence-electron chi connectivity index (χ3n) is 3.29. The van der Waals surface area contributed by atoms with Gasteiger partial charge in [0.05, 0.1) is 23.5 Å². The molecule has 0 amide bonds. The predicted molar refractivity (Wildman–Crippen MR) is 78.0 cm³/mol. The number of fused-ring (bicyclic) bond motifs is 1. The molecular formula is C14H15ClN4. The topological polar surface area (TPSA) is 56.2 Å². The highest BCUT2D eigenvalue weighted by atomic mass is 35.5. The Morgan fingerprint density at radius 3 is 2.89 bits per heavy atom. The standard InChI is InChI=1S/C14H15ClN4/c15-8-13(16)18-11-5-3-10(4-6-11)12-9-17-14-2-1-7-19(12)14/h3-6,9H,1-2,7-8H2,(H2,16,18). The van der Waals surface area contributed by atoms with Gasteiger partial charge in [0, 0.05) is 13.0 Å². The lowest BCUT2D eigenvalue weighted by atomic mass is 10.1. The third kappa shape index (κ3) is 2.36. The molecule has 1 aliphatic heterocycles. The first-order chi connectivity index (χ1) is 9.28. The minimum absolute atomic E-state index is 0.248. The first-order valence-electron chi connectivity index (χ1n) is 6.32. The quantitative estimate of drug-likeness (QED) is 0.531. The molecular weight excluding hydrogens is 260 g/mol. The van der Waals surface area contributed by atoms with Crippen LogP contribution in [0.3, 0.4) is 0 Å². The van der Waals surface area contributed by atoms with Crippen LogP contribution in [0.2, 0.25) is 0 Å². The number of nitrogens with zero attached hydrogens (tertiary/aromatic N) is 3. The fourth-order valence-electron chi connectivity index (χ4n) is 2.39. The number of imidazole rings is 1. The highest BCUT2D eigenvalue weighted by Crippen LogP contribution is 2.27. The molecule has 1 aromatic heterocycles. The average Bonchev–Trinajstić information content (AvgIpc) is 3.02. The van der Waals surface area contributed by atoms with E-state index >= 15 is 0 Å². The van der Waals surface area contributed by atoms with Crippen molar-refractivity contribution in [3.8, 4) is 11.3 Å². The van der Waals surface area contributed by atoms with Crippen LogP contribution < -0.4 is 5.73 Å². The number of halogens is 1. The van der Waals surface area contributed by atoms with Gasteiger partial charge in [-0.3, -0.25) is 0 Å². The van der Waals surface area contributed by atoms with Crippen molar-refractivity contribution in [2.24, 2.45) is 10.7 Å². The van der Waals surface area contributed by atoms with Crippen molar-refractivity contribution in [3.63, 3.8) is 0 Å². The van der Waals surface area contributed by atoms with Crippen LogP contribution in [0.1, 0.15) is 12.2 Å². The van der Waals surface area contributed by atoms with Crippen LogP contribution in [0.4, 0.5) is 5.69 Å². The van der Waals surface area contributed by atoms with E-state index in [0.29, 0.717) is 5.84 Å². The summed E-state index contributed by atoms with van der Waals surface area (Å²) in [6, 6.07) is 7.99. The maximum absolute atomic E-state index is 5.62. The zero-order chi connectivity index (χ0) is 13.2. The number of nitrogens with two attached hydrogens (primary N) is 1. The number of rotatable bonds is 3. The lowest BCUT2D eigenvalue weighted by Crippen LogP contribution is -2.12. The van der Waals surface area contributed by atoms with Crippen molar-refractivity contribution in [3.05, 3.63) is 36.3 Å². The number of aliphatic imine (C=N–C) groups is 1. The van der Waals surface area contributed by atoms with E-state index < -0.39 is 0 Å². The zero-order valence-corrected chi connectivity index (χ0v) is 11.3. The summed E-state index contributed by atoms with van der Waals surface area (Å²) in [6.07, 6.45) is 4.21. The van der Waals surface area contributed by atoms with Gasteiger partial charge in [-0.05, 0) is 24.1 Å². The van der Waals surface area contributed by atoms with Crippen LogP contribution in [0.5, 0.6) is 0 Å². The summed E-state index contributed by atoms with van der Waals surface area (Å²) < 4.78 is 2.28. The molecule has 19 heavy (non-hydrogen) atoms. The van der Waals surface area contributed by atoms with Crippen molar-refractivity contribution in [2.45, 2.75) is 19.4 Å². The molecule has 0 aliphatic carbocycles. The van der Waals surface area contributed by atoms with E-state index in [0.717, 1.165) is 24.2 Å². The van der Waals surface area contributed by atoms with Gasteiger partial charge >= 0.3 is 0 Å². The molecule has 1 aliphatic rings. The fraction of sp³-hybridized carbons (Fsp3) is 0.286. The second-order valence-electron chi connectivity index (χ2n) is 4.60. The zero-order valence-electron chi connectivity index (χ0n) is 10.5. The first-order valence-corrected chi connectivity index (χ1v) is 6.85. The number of amidine groups is 1. The molecule has 0 saturated heterocycles. The number of hydrogen-bond donors (Lipinski definition) is 1. The van der Waals surface area contributed by atoms with E-state index in [1.807, 2.05) is 30.5 Å². The summed E-state index contributed by atoms with van der Waals surface area (Å²) in [5.41, 5.74) is 8.77. The van der Waals surface area contributed by atoms with E-state index in [4.69, 9.17) is 17.3 Å². The highest BCUT2D eigenvalue weighted by Gasteiger charge is 2.16. The van der Waals surface area contributed by atoms with Crippen LogP contribution in [0, 0.1) is 0 Å². The van der Waals surface area contributed by atoms with Gasteiger partial charge in [-0.15, -0.1) is 11.6 Å². The van der Waals surface area contributed by atoms with Gasteiger partial charge < -0.3 is 10.3 Å². The minimum Gasteiger partial charge on any atom is -0.386 e. The van der Waals surface area contributed by atoms with E-state index in [9.17, 15) is 0 Å². The number of aryl methyl sites for hydroxylation is 1. The molecule has 0 fully saturated rings. The van der Waals surface area contributed by atoms with Crippen LogP contribution in [0.15, 0.2) is 35.5 Å². The second-order valence-corrected chi connectivity index (χ2v) is 4.87. The molecule has 4 nitrogen and oxygen atoms in total. The molecule has 3 rings (SSSR count). The third-order valence-corrected chi connectivity index (χ3v) is 3.57. The molecule has 0 saturated carbocycles. The summed E-state index contributed by atoms with van der Waals surface area (Å²) >= 11 is 5.61. The summed E-state index contributed by atoms with van der Waals surface area (Å²) in [6.45, 7) is 1.06. The van der Waals surface area contributed by atoms with E-state index in [-0.39, 0.29) is 5.88 Å². The SMILES string of the molecule is NC(CCl)=Nc1ccc(-c2cnc3n2CCC3)cc1. The monoisotopic (exact) mass is 274 g/mol. The molecule has 0 bridgehead atoms. The number of benzene rings is 1.